The molecule has 0 bridgehead atoms. The van der Waals surface area contributed by atoms with Crippen LogP contribution in [0.15, 0.2) is 36.4 Å². The third-order valence-corrected chi connectivity index (χ3v) is 2.65. The number of aryl methyl sites for hydroxylation is 1. The number of rotatable bonds is 4. The lowest BCUT2D eigenvalue weighted by atomic mass is 10.0. The number of carboxylic acids is 1. The van der Waals surface area contributed by atoms with Crippen LogP contribution in [0.25, 0.3) is 10.8 Å². The van der Waals surface area contributed by atoms with E-state index in [0.29, 0.717) is 12.0 Å². The Hall–Kier alpha value is -2.16. The van der Waals surface area contributed by atoms with E-state index in [9.17, 15) is 9.59 Å². The van der Waals surface area contributed by atoms with Crippen molar-refractivity contribution in [2.45, 2.75) is 12.8 Å². The van der Waals surface area contributed by atoms with E-state index in [2.05, 4.69) is 0 Å². The number of hydrogen-bond donors (Lipinski definition) is 1. The minimum absolute atomic E-state index is 0.131. The molecule has 85 valence electrons. The van der Waals surface area contributed by atoms with Gasteiger partial charge in [-0.1, -0.05) is 30.3 Å². The van der Waals surface area contributed by atoms with Crippen LogP contribution < -0.4 is 0 Å². The molecule has 0 amide bonds. The van der Waals surface area contributed by atoms with Crippen LogP contribution in [0.2, 0.25) is 0 Å². The molecule has 0 aliphatic heterocycles. The molecule has 3 heteroatoms. The highest BCUT2D eigenvalue weighted by atomic mass is 16.4. The molecule has 2 aromatic carbocycles. The number of benzene rings is 2. The summed E-state index contributed by atoms with van der Waals surface area (Å²) in [6, 6.07) is 11.1. The Labute approximate surface area is 98.7 Å². The van der Waals surface area contributed by atoms with E-state index >= 15 is 0 Å². The van der Waals surface area contributed by atoms with Crippen molar-refractivity contribution in [2.75, 3.05) is 0 Å². The molecule has 0 spiro atoms. The van der Waals surface area contributed by atoms with E-state index in [1.165, 1.54) is 0 Å². The topological polar surface area (TPSA) is 54.4 Å². The summed E-state index contributed by atoms with van der Waals surface area (Å²) < 4.78 is 0. The van der Waals surface area contributed by atoms with E-state index in [-0.39, 0.29) is 6.42 Å². The van der Waals surface area contributed by atoms with Crippen molar-refractivity contribution in [3.63, 3.8) is 0 Å². The van der Waals surface area contributed by atoms with Gasteiger partial charge in [0.25, 0.3) is 0 Å². The average molecular weight is 227 g/mol. The fourth-order valence-electron chi connectivity index (χ4n) is 1.77. The molecule has 0 saturated heterocycles. The average Bonchev–Trinajstić information content (AvgIpc) is 2.35. The van der Waals surface area contributed by atoms with Gasteiger partial charge in [-0.3, -0.25) is 9.59 Å². The molecule has 17 heavy (non-hydrogen) atoms. The fraction of sp³-hybridized carbons (Fsp3) is 0.143. The summed E-state index contributed by atoms with van der Waals surface area (Å²) in [5, 5.41) is 10.6. The second-order valence-electron chi connectivity index (χ2n) is 3.89. The van der Waals surface area contributed by atoms with Gasteiger partial charge in [0.05, 0.1) is 0 Å². The van der Waals surface area contributed by atoms with Gasteiger partial charge in [-0.25, -0.2) is 0 Å². The second kappa shape index (κ2) is 4.78. The Morgan fingerprint density at radius 2 is 1.82 bits per heavy atom. The molecular formula is C14H11O3. The zero-order valence-corrected chi connectivity index (χ0v) is 9.14. The minimum atomic E-state index is -0.795. The summed E-state index contributed by atoms with van der Waals surface area (Å²) in [7, 11) is 0. The molecule has 2 aromatic rings. The van der Waals surface area contributed by atoms with Gasteiger partial charge in [0.15, 0.2) is 0 Å². The first-order valence-electron chi connectivity index (χ1n) is 5.32. The largest absolute Gasteiger partial charge is 0.481 e. The Bertz CT molecular complexity index is 573. The van der Waals surface area contributed by atoms with Crippen LogP contribution in [0.5, 0.6) is 0 Å². The van der Waals surface area contributed by atoms with Crippen LogP contribution in [-0.4, -0.2) is 17.4 Å². The van der Waals surface area contributed by atoms with E-state index in [1.807, 2.05) is 30.6 Å². The number of fused-ring (bicyclic) bond motifs is 1. The monoisotopic (exact) mass is 227 g/mol. The molecule has 2 rings (SSSR count). The number of carbonyl (C=O) groups is 1. The van der Waals surface area contributed by atoms with Gasteiger partial charge in [0.2, 0.25) is 6.29 Å². The van der Waals surface area contributed by atoms with Crippen LogP contribution >= 0.6 is 0 Å². The lowest BCUT2D eigenvalue weighted by Gasteiger charge is -2.02. The first kappa shape index (κ1) is 11.3. The van der Waals surface area contributed by atoms with Crippen molar-refractivity contribution in [3.05, 3.63) is 47.5 Å². The summed E-state index contributed by atoms with van der Waals surface area (Å²) in [6.45, 7) is 0. The van der Waals surface area contributed by atoms with Gasteiger partial charge in [0, 0.05) is 12.0 Å². The second-order valence-corrected chi connectivity index (χ2v) is 3.89. The van der Waals surface area contributed by atoms with Gasteiger partial charge in [-0.05, 0) is 28.8 Å². The highest BCUT2D eigenvalue weighted by Gasteiger charge is 2.01. The molecule has 0 aliphatic carbocycles. The SMILES string of the molecule is O=[C]c1ccc2cc(CCC(=O)O)ccc2c1. The number of carboxylic acid groups (broad SMARTS) is 1. The van der Waals surface area contributed by atoms with Crippen molar-refractivity contribution < 1.29 is 14.7 Å². The van der Waals surface area contributed by atoms with Gasteiger partial charge < -0.3 is 5.11 Å². The maximum atomic E-state index is 10.5. The fourth-order valence-corrected chi connectivity index (χ4v) is 1.77. The zero-order valence-electron chi connectivity index (χ0n) is 9.14. The summed E-state index contributed by atoms with van der Waals surface area (Å²) in [5.74, 6) is -0.795. The minimum Gasteiger partial charge on any atom is -0.481 e. The quantitative estimate of drug-likeness (QED) is 0.872. The third kappa shape index (κ3) is 2.69. The molecule has 0 aromatic heterocycles. The maximum Gasteiger partial charge on any atom is 0.303 e. The molecule has 0 heterocycles. The normalized spacial score (nSPS) is 10.4. The van der Waals surface area contributed by atoms with Crippen LogP contribution in [-0.2, 0) is 16.0 Å². The van der Waals surface area contributed by atoms with E-state index < -0.39 is 5.97 Å². The van der Waals surface area contributed by atoms with E-state index in [4.69, 9.17) is 5.11 Å². The van der Waals surface area contributed by atoms with Crippen molar-refractivity contribution in [3.8, 4) is 0 Å². The molecule has 0 unspecified atom stereocenters. The van der Waals surface area contributed by atoms with Gasteiger partial charge in [-0.2, -0.15) is 0 Å². The predicted octanol–water partition coefficient (Wildman–Crippen LogP) is 2.31. The molecule has 1 N–H and O–H groups in total. The first-order valence-corrected chi connectivity index (χ1v) is 5.32. The molecule has 0 saturated carbocycles. The Morgan fingerprint density at radius 1 is 1.12 bits per heavy atom. The first-order chi connectivity index (χ1) is 8.19. The molecule has 0 atom stereocenters. The summed E-state index contributed by atoms with van der Waals surface area (Å²) in [6.07, 6.45) is 2.50. The van der Waals surface area contributed by atoms with Gasteiger partial charge in [0.1, 0.15) is 0 Å². The van der Waals surface area contributed by atoms with Crippen molar-refractivity contribution in [1.29, 1.82) is 0 Å². The molecular weight excluding hydrogens is 216 g/mol. The molecule has 0 aliphatic rings. The summed E-state index contributed by atoms with van der Waals surface area (Å²) >= 11 is 0. The predicted molar refractivity (Wildman–Crippen MR) is 64.7 cm³/mol. The van der Waals surface area contributed by atoms with Crippen LogP contribution in [0.3, 0.4) is 0 Å². The lowest BCUT2D eigenvalue weighted by Crippen LogP contribution is -1.97. The third-order valence-electron chi connectivity index (χ3n) is 2.65. The Balaban J connectivity index is 2.31. The summed E-state index contributed by atoms with van der Waals surface area (Å²) in [5.41, 5.74) is 1.51. The Morgan fingerprint density at radius 3 is 2.53 bits per heavy atom. The maximum absolute atomic E-state index is 10.5. The highest BCUT2D eigenvalue weighted by Crippen LogP contribution is 2.18. The van der Waals surface area contributed by atoms with Gasteiger partial charge >= 0.3 is 5.97 Å². The van der Waals surface area contributed by atoms with Crippen LogP contribution in [0.4, 0.5) is 0 Å². The Kier molecular flexibility index (Phi) is 3.19. The molecule has 1 radical (unpaired) electrons. The zero-order chi connectivity index (χ0) is 12.3. The van der Waals surface area contributed by atoms with Crippen molar-refractivity contribution in [1.82, 2.24) is 0 Å². The van der Waals surface area contributed by atoms with E-state index in [1.54, 1.807) is 12.1 Å². The van der Waals surface area contributed by atoms with Crippen LogP contribution in [0.1, 0.15) is 17.5 Å². The molecule has 0 fully saturated rings. The molecule has 3 nitrogen and oxygen atoms in total. The number of hydrogen-bond acceptors (Lipinski definition) is 2. The van der Waals surface area contributed by atoms with Crippen molar-refractivity contribution >= 4 is 23.0 Å². The van der Waals surface area contributed by atoms with Crippen molar-refractivity contribution in [2.24, 2.45) is 0 Å². The van der Waals surface area contributed by atoms with Gasteiger partial charge in [-0.15, -0.1) is 0 Å². The lowest BCUT2D eigenvalue weighted by molar-refractivity contribution is -0.136. The summed E-state index contributed by atoms with van der Waals surface area (Å²) in [4.78, 5) is 21.0. The number of carbonyl (C=O) groups excluding carboxylic acids is 1. The standard InChI is InChI=1S/C14H11O3/c15-9-11-2-5-12-7-10(3-6-14(16)17)1-4-13(12)8-11/h1-2,4-5,7-8H,3,6H2,(H,16,17). The smallest absolute Gasteiger partial charge is 0.303 e. The van der Waals surface area contributed by atoms with E-state index in [0.717, 1.165) is 16.3 Å². The van der Waals surface area contributed by atoms with Crippen LogP contribution in [0, 0.1) is 0 Å². The number of aliphatic carboxylic acids is 1. The highest BCUT2D eigenvalue weighted by molar-refractivity contribution is 5.89.